The molecule has 25 heavy (non-hydrogen) atoms. The van der Waals surface area contributed by atoms with Crippen LogP contribution in [-0.2, 0) is 6.54 Å². The molecule has 0 fully saturated rings. The van der Waals surface area contributed by atoms with Gasteiger partial charge in [0.2, 0.25) is 0 Å². The summed E-state index contributed by atoms with van der Waals surface area (Å²) in [5.74, 6) is -0.0768. The standard InChI is InChI=1S/C20H18N2O2S/c1-4-22-15-9-12(2)13(3)10-18(15)25-20(22)21-19(23)17-11-14-7-5-6-8-16(14)24-17/h5-11H,4H2,1-3H3. The van der Waals surface area contributed by atoms with E-state index in [1.165, 1.54) is 22.5 Å². The SMILES string of the molecule is CCn1c(=NC(=O)c2cc3ccccc3o2)sc2cc(C)c(C)cc21. The minimum absolute atomic E-state index is 0.272. The number of benzene rings is 2. The third-order valence-corrected chi connectivity index (χ3v) is 5.49. The molecule has 0 aliphatic rings. The first-order valence-electron chi connectivity index (χ1n) is 8.25. The summed E-state index contributed by atoms with van der Waals surface area (Å²) in [6.07, 6.45) is 0. The van der Waals surface area contributed by atoms with Crippen LogP contribution in [0.4, 0.5) is 0 Å². The molecule has 4 nitrogen and oxygen atoms in total. The minimum atomic E-state index is -0.349. The van der Waals surface area contributed by atoms with Crippen molar-refractivity contribution in [1.82, 2.24) is 4.57 Å². The van der Waals surface area contributed by atoms with Crippen LogP contribution in [0.5, 0.6) is 0 Å². The van der Waals surface area contributed by atoms with Crippen molar-refractivity contribution in [3.8, 4) is 0 Å². The highest BCUT2D eigenvalue weighted by Crippen LogP contribution is 2.23. The van der Waals surface area contributed by atoms with Crippen molar-refractivity contribution in [2.24, 2.45) is 4.99 Å². The van der Waals surface area contributed by atoms with Crippen LogP contribution in [0.3, 0.4) is 0 Å². The largest absolute Gasteiger partial charge is 0.451 e. The van der Waals surface area contributed by atoms with Gasteiger partial charge in [0.05, 0.1) is 10.2 Å². The lowest BCUT2D eigenvalue weighted by Gasteiger charge is -2.03. The Hall–Kier alpha value is -2.66. The molecule has 0 saturated carbocycles. The number of hydrogen-bond acceptors (Lipinski definition) is 3. The zero-order valence-electron chi connectivity index (χ0n) is 14.4. The van der Waals surface area contributed by atoms with Gasteiger partial charge in [0.15, 0.2) is 10.6 Å². The first-order chi connectivity index (χ1) is 12.1. The van der Waals surface area contributed by atoms with Gasteiger partial charge in [0, 0.05) is 11.9 Å². The van der Waals surface area contributed by atoms with Gasteiger partial charge in [-0.05, 0) is 56.2 Å². The molecule has 2 heterocycles. The summed E-state index contributed by atoms with van der Waals surface area (Å²) in [6, 6.07) is 13.7. The molecule has 0 unspecified atom stereocenters. The van der Waals surface area contributed by atoms with Crippen LogP contribution >= 0.6 is 11.3 Å². The van der Waals surface area contributed by atoms with E-state index in [1.54, 1.807) is 6.07 Å². The summed E-state index contributed by atoms with van der Waals surface area (Å²) in [7, 11) is 0. The second kappa shape index (κ2) is 6.01. The summed E-state index contributed by atoms with van der Waals surface area (Å²) in [4.78, 5) is 17.6. The van der Waals surface area contributed by atoms with Gasteiger partial charge in [0.25, 0.3) is 0 Å². The number of fused-ring (bicyclic) bond motifs is 2. The van der Waals surface area contributed by atoms with Gasteiger partial charge in [-0.3, -0.25) is 4.79 Å². The Balaban J connectivity index is 1.86. The third-order valence-electron chi connectivity index (χ3n) is 4.45. The smallest absolute Gasteiger partial charge is 0.315 e. The van der Waals surface area contributed by atoms with E-state index in [-0.39, 0.29) is 11.7 Å². The van der Waals surface area contributed by atoms with E-state index in [1.807, 2.05) is 24.3 Å². The second-order valence-electron chi connectivity index (χ2n) is 6.10. The lowest BCUT2D eigenvalue weighted by molar-refractivity contribution is 0.0973. The average Bonchev–Trinajstić information content (AvgIpc) is 3.16. The van der Waals surface area contributed by atoms with E-state index >= 15 is 0 Å². The monoisotopic (exact) mass is 350 g/mol. The number of rotatable bonds is 2. The number of hydrogen-bond donors (Lipinski definition) is 0. The van der Waals surface area contributed by atoms with E-state index in [0.29, 0.717) is 10.4 Å². The molecule has 4 aromatic rings. The Morgan fingerprint density at radius 3 is 2.68 bits per heavy atom. The summed E-state index contributed by atoms with van der Waals surface area (Å²) in [5, 5.41) is 0.909. The van der Waals surface area contributed by atoms with E-state index in [9.17, 15) is 4.79 Å². The van der Waals surface area contributed by atoms with Gasteiger partial charge >= 0.3 is 5.91 Å². The zero-order valence-corrected chi connectivity index (χ0v) is 15.2. The summed E-state index contributed by atoms with van der Waals surface area (Å²) in [6.45, 7) is 7.02. The number of carbonyl (C=O) groups is 1. The summed E-state index contributed by atoms with van der Waals surface area (Å²) >= 11 is 1.54. The maximum atomic E-state index is 12.6. The Kier molecular flexibility index (Phi) is 3.81. The van der Waals surface area contributed by atoms with Crippen molar-refractivity contribution in [2.45, 2.75) is 27.3 Å². The van der Waals surface area contributed by atoms with Crippen LogP contribution < -0.4 is 4.80 Å². The molecule has 0 N–H and O–H groups in total. The fourth-order valence-corrected chi connectivity index (χ4v) is 4.11. The Morgan fingerprint density at radius 2 is 1.92 bits per heavy atom. The molecule has 126 valence electrons. The van der Waals surface area contributed by atoms with Crippen molar-refractivity contribution in [2.75, 3.05) is 0 Å². The normalized spacial score (nSPS) is 12.4. The highest BCUT2D eigenvalue weighted by atomic mass is 32.1. The number of nitrogens with zero attached hydrogens (tertiary/aromatic N) is 2. The fraction of sp³-hybridized carbons (Fsp3) is 0.200. The lowest BCUT2D eigenvalue weighted by atomic mass is 10.1. The van der Waals surface area contributed by atoms with Crippen molar-refractivity contribution < 1.29 is 9.21 Å². The van der Waals surface area contributed by atoms with Gasteiger partial charge in [-0.15, -0.1) is 0 Å². The Morgan fingerprint density at radius 1 is 1.16 bits per heavy atom. The summed E-state index contributed by atoms with van der Waals surface area (Å²) < 4.78 is 8.86. The average molecular weight is 350 g/mol. The van der Waals surface area contributed by atoms with Gasteiger partial charge in [-0.25, -0.2) is 0 Å². The predicted molar refractivity (Wildman–Crippen MR) is 101 cm³/mol. The summed E-state index contributed by atoms with van der Waals surface area (Å²) in [5.41, 5.74) is 4.30. The highest BCUT2D eigenvalue weighted by molar-refractivity contribution is 7.16. The number of thiazole rings is 1. The van der Waals surface area contributed by atoms with E-state index in [0.717, 1.165) is 22.1 Å². The molecule has 5 heteroatoms. The second-order valence-corrected chi connectivity index (χ2v) is 7.11. The molecule has 2 aromatic heterocycles. The van der Waals surface area contributed by atoms with Crippen LogP contribution in [-0.4, -0.2) is 10.5 Å². The van der Waals surface area contributed by atoms with Crippen molar-refractivity contribution in [3.05, 3.63) is 64.2 Å². The van der Waals surface area contributed by atoms with Gasteiger partial charge < -0.3 is 8.98 Å². The third kappa shape index (κ3) is 2.70. The number of carbonyl (C=O) groups excluding carboxylic acids is 1. The molecule has 1 amide bonds. The molecule has 0 radical (unpaired) electrons. The van der Waals surface area contributed by atoms with Crippen LogP contribution in [0.25, 0.3) is 21.2 Å². The molecule has 0 aliphatic heterocycles. The maximum Gasteiger partial charge on any atom is 0.315 e. The maximum absolute atomic E-state index is 12.6. The molecule has 0 bridgehead atoms. The van der Waals surface area contributed by atoms with Gasteiger partial charge in [0.1, 0.15) is 5.58 Å². The minimum Gasteiger partial charge on any atom is -0.451 e. The topological polar surface area (TPSA) is 47.5 Å². The molecular weight excluding hydrogens is 332 g/mol. The van der Waals surface area contributed by atoms with Crippen molar-refractivity contribution in [3.63, 3.8) is 0 Å². The van der Waals surface area contributed by atoms with Crippen molar-refractivity contribution in [1.29, 1.82) is 0 Å². The lowest BCUT2D eigenvalue weighted by Crippen LogP contribution is -2.15. The van der Waals surface area contributed by atoms with Crippen LogP contribution in [0.2, 0.25) is 0 Å². The van der Waals surface area contributed by atoms with Crippen LogP contribution in [0.1, 0.15) is 28.6 Å². The predicted octanol–water partition coefficient (Wildman–Crippen LogP) is 4.83. The fourth-order valence-electron chi connectivity index (χ4n) is 2.94. The molecule has 4 rings (SSSR count). The molecule has 0 saturated heterocycles. The van der Waals surface area contributed by atoms with Crippen LogP contribution in [0.15, 0.2) is 51.9 Å². The van der Waals surface area contributed by atoms with Crippen molar-refractivity contribution >= 4 is 38.4 Å². The van der Waals surface area contributed by atoms with Gasteiger partial charge in [-0.1, -0.05) is 29.5 Å². The Bertz CT molecular complexity index is 1140. The number of amides is 1. The van der Waals surface area contributed by atoms with E-state index in [2.05, 4.69) is 42.5 Å². The zero-order chi connectivity index (χ0) is 17.6. The van der Waals surface area contributed by atoms with E-state index in [4.69, 9.17) is 4.42 Å². The molecule has 0 atom stereocenters. The molecule has 2 aromatic carbocycles. The Labute approximate surface area is 149 Å². The number of aryl methyl sites for hydroxylation is 3. The molecule has 0 spiro atoms. The number of aromatic nitrogens is 1. The molecular formula is C20H18N2O2S. The molecule has 0 aliphatic carbocycles. The number of furan rings is 1. The quantitative estimate of drug-likeness (QED) is 0.520. The first kappa shape index (κ1) is 15.8. The highest BCUT2D eigenvalue weighted by Gasteiger charge is 2.13. The van der Waals surface area contributed by atoms with Gasteiger partial charge in [-0.2, -0.15) is 4.99 Å². The first-order valence-corrected chi connectivity index (χ1v) is 9.06. The van der Waals surface area contributed by atoms with E-state index < -0.39 is 0 Å². The van der Waals surface area contributed by atoms with Crippen LogP contribution in [0, 0.1) is 13.8 Å². The number of para-hydroxylation sites is 1.